The van der Waals surface area contributed by atoms with Crippen molar-refractivity contribution in [2.24, 2.45) is 7.05 Å². The van der Waals surface area contributed by atoms with Crippen LogP contribution in [0.5, 0.6) is 0 Å². The van der Waals surface area contributed by atoms with Crippen LogP contribution in [0.25, 0.3) is 0 Å². The van der Waals surface area contributed by atoms with Gasteiger partial charge in [-0.25, -0.2) is 4.68 Å². The van der Waals surface area contributed by atoms with Crippen LogP contribution in [0.2, 0.25) is 0 Å². The number of hydrogen-bond donors (Lipinski definition) is 1. The maximum atomic E-state index is 11.5. The Kier molecular flexibility index (Phi) is 5.03. The van der Waals surface area contributed by atoms with Gasteiger partial charge in [-0.3, -0.25) is 14.8 Å². The molecule has 9 heteroatoms. The summed E-state index contributed by atoms with van der Waals surface area (Å²) in [6.07, 6.45) is 4.08. The number of anilines is 1. The Labute approximate surface area is 146 Å². The van der Waals surface area contributed by atoms with Gasteiger partial charge in [0.15, 0.2) is 0 Å². The second kappa shape index (κ2) is 7.22. The molecule has 0 saturated carbocycles. The summed E-state index contributed by atoms with van der Waals surface area (Å²) in [5.41, 5.74) is 1.79. The molecule has 25 heavy (non-hydrogen) atoms. The number of aliphatic hydroxyl groups is 1. The lowest BCUT2D eigenvalue weighted by Crippen LogP contribution is -2.35. The third-order valence-corrected chi connectivity index (χ3v) is 4.85. The molecule has 9 nitrogen and oxygen atoms in total. The first-order chi connectivity index (χ1) is 12.1. The number of aliphatic hydroxyl groups excluding tert-OH is 1. The minimum absolute atomic E-state index is 0.0640. The lowest BCUT2D eigenvalue weighted by Gasteiger charge is -2.33. The lowest BCUT2D eigenvalue weighted by molar-refractivity contribution is -0.384. The number of nitrogens with zero attached hydrogens (tertiary/aromatic N) is 6. The van der Waals surface area contributed by atoms with E-state index in [1.165, 1.54) is 0 Å². The predicted molar refractivity (Wildman–Crippen MR) is 92.7 cm³/mol. The minimum Gasteiger partial charge on any atom is -0.394 e. The molecular formula is C16H24N6O3. The van der Waals surface area contributed by atoms with Crippen LogP contribution in [0.3, 0.4) is 0 Å². The molecule has 0 atom stereocenters. The highest BCUT2D eigenvalue weighted by atomic mass is 16.6. The zero-order valence-electron chi connectivity index (χ0n) is 14.6. The molecule has 136 valence electrons. The van der Waals surface area contributed by atoms with Gasteiger partial charge < -0.3 is 10.0 Å². The zero-order chi connectivity index (χ0) is 18.0. The van der Waals surface area contributed by atoms with Crippen molar-refractivity contribution in [1.82, 2.24) is 19.6 Å². The average molecular weight is 348 g/mol. The number of nitro groups is 1. The largest absolute Gasteiger partial charge is 0.394 e. The van der Waals surface area contributed by atoms with Gasteiger partial charge in [0.25, 0.3) is 0 Å². The molecule has 0 aliphatic carbocycles. The molecule has 0 bridgehead atoms. The van der Waals surface area contributed by atoms with Crippen LogP contribution < -0.4 is 4.90 Å². The number of hydrogen-bond acceptors (Lipinski definition) is 6. The molecule has 0 unspecified atom stereocenters. The van der Waals surface area contributed by atoms with E-state index in [2.05, 4.69) is 15.1 Å². The minimum atomic E-state index is -0.316. The molecule has 1 saturated heterocycles. The Morgan fingerprint density at radius 1 is 1.40 bits per heavy atom. The molecule has 3 heterocycles. The maximum Gasteiger partial charge on any atom is 0.334 e. The van der Waals surface area contributed by atoms with E-state index in [0.29, 0.717) is 30.4 Å². The van der Waals surface area contributed by atoms with Gasteiger partial charge in [-0.2, -0.15) is 10.2 Å². The van der Waals surface area contributed by atoms with E-state index in [-0.39, 0.29) is 17.2 Å². The second-order valence-electron chi connectivity index (χ2n) is 6.32. The Hall–Kier alpha value is -2.42. The third kappa shape index (κ3) is 3.23. The van der Waals surface area contributed by atoms with E-state index < -0.39 is 0 Å². The summed E-state index contributed by atoms with van der Waals surface area (Å²) in [6.45, 7) is 3.91. The van der Waals surface area contributed by atoms with Crippen molar-refractivity contribution in [2.75, 3.05) is 24.6 Å². The van der Waals surface area contributed by atoms with Crippen molar-refractivity contribution in [3.63, 3.8) is 0 Å². The highest BCUT2D eigenvalue weighted by Crippen LogP contribution is 2.36. The smallest absolute Gasteiger partial charge is 0.334 e. The fourth-order valence-corrected chi connectivity index (χ4v) is 3.70. The van der Waals surface area contributed by atoms with E-state index in [9.17, 15) is 10.1 Å². The van der Waals surface area contributed by atoms with E-state index in [1.807, 2.05) is 17.7 Å². The highest BCUT2D eigenvalue weighted by molar-refractivity contribution is 5.62. The van der Waals surface area contributed by atoms with Crippen LogP contribution in [0.15, 0.2) is 12.3 Å². The van der Waals surface area contributed by atoms with E-state index >= 15 is 0 Å². The van der Waals surface area contributed by atoms with Gasteiger partial charge in [0.1, 0.15) is 5.69 Å². The van der Waals surface area contributed by atoms with Gasteiger partial charge in [0.05, 0.1) is 18.1 Å². The molecule has 0 amide bonds. The summed E-state index contributed by atoms with van der Waals surface area (Å²) in [5.74, 6) is 0.951. The molecule has 1 aliphatic rings. The van der Waals surface area contributed by atoms with E-state index in [1.54, 1.807) is 17.9 Å². The van der Waals surface area contributed by atoms with Crippen molar-refractivity contribution in [2.45, 2.75) is 38.6 Å². The van der Waals surface area contributed by atoms with Crippen LogP contribution in [-0.2, 0) is 20.0 Å². The Morgan fingerprint density at radius 2 is 2.12 bits per heavy atom. The molecular weight excluding hydrogens is 324 g/mol. The van der Waals surface area contributed by atoms with Gasteiger partial charge in [-0.05, 0) is 25.3 Å². The van der Waals surface area contributed by atoms with Crippen LogP contribution >= 0.6 is 0 Å². The van der Waals surface area contributed by atoms with Crippen molar-refractivity contribution >= 4 is 11.5 Å². The summed E-state index contributed by atoms with van der Waals surface area (Å²) in [5, 5.41) is 29.3. The van der Waals surface area contributed by atoms with Gasteiger partial charge in [0.2, 0.25) is 5.82 Å². The molecule has 1 fully saturated rings. The first kappa shape index (κ1) is 17.4. The van der Waals surface area contributed by atoms with Crippen molar-refractivity contribution in [3.05, 3.63) is 33.8 Å². The molecule has 0 spiro atoms. The van der Waals surface area contributed by atoms with Gasteiger partial charge in [-0.15, -0.1) is 0 Å². The lowest BCUT2D eigenvalue weighted by atomic mass is 9.93. The maximum absolute atomic E-state index is 11.5. The van der Waals surface area contributed by atoms with Gasteiger partial charge in [0, 0.05) is 37.9 Å². The molecule has 1 N–H and O–H groups in total. The summed E-state index contributed by atoms with van der Waals surface area (Å²) in [4.78, 5) is 13.3. The normalized spacial score (nSPS) is 15.7. The van der Waals surface area contributed by atoms with Gasteiger partial charge in [-0.1, -0.05) is 6.92 Å². The molecule has 0 aromatic carbocycles. The Balaban J connectivity index is 1.78. The van der Waals surface area contributed by atoms with Crippen LogP contribution in [0.1, 0.15) is 37.1 Å². The van der Waals surface area contributed by atoms with Crippen LogP contribution in [0, 0.1) is 10.1 Å². The fourth-order valence-electron chi connectivity index (χ4n) is 3.70. The Morgan fingerprint density at radius 3 is 2.72 bits per heavy atom. The molecule has 1 aliphatic heterocycles. The molecule has 3 rings (SSSR count). The van der Waals surface area contributed by atoms with E-state index in [0.717, 1.165) is 31.6 Å². The van der Waals surface area contributed by atoms with E-state index in [4.69, 9.17) is 5.11 Å². The predicted octanol–water partition coefficient (Wildman–Crippen LogP) is 1.46. The monoisotopic (exact) mass is 348 g/mol. The number of rotatable bonds is 6. The second-order valence-corrected chi connectivity index (χ2v) is 6.32. The quantitative estimate of drug-likeness (QED) is 0.626. The first-order valence-electron chi connectivity index (χ1n) is 8.64. The molecule has 0 radical (unpaired) electrons. The summed E-state index contributed by atoms with van der Waals surface area (Å²) in [7, 11) is 1.77. The van der Waals surface area contributed by atoms with Crippen LogP contribution in [0.4, 0.5) is 11.5 Å². The molecule has 2 aromatic heterocycles. The van der Waals surface area contributed by atoms with Crippen molar-refractivity contribution in [3.8, 4) is 0 Å². The van der Waals surface area contributed by atoms with Crippen molar-refractivity contribution in [1.29, 1.82) is 0 Å². The summed E-state index contributed by atoms with van der Waals surface area (Å²) in [6, 6.07) is 2.00. The number of piperidine rings is 1. The summed E-state index contributed by atoms with van der Waals surface area (Å²) < 4.78 is 3.48. The highest BCUT2D eigenvalue weighted by Gasteiger charge is 2.32. The standard InChI is InChI=1S/C16H24N6O3/c1-3-13-15(22(24)25)16(19(2)18-13)20-8-5-12(6-9-20)14-4-7-17-21(14)10-11-23/h4,7,12,23H,3,5-6,8-11H2,1-2H3. The summed E-state index contributed by atoms with van der Waals surface area (Å²) >= 11 is 0. The zero-order valence-corrected chi connectivity index (χ0v) is 14.6. The number of aryl methyl sites for hydroxylation is 2. The number of aromatic nitrogens is 4. The average Bonchev–Trinajstić information content (AvgIpc) is 3.19. The van der Waals surface area contributed by atoms with Crippen LogP contribution in [-0.4, -0.2) is 49.3 Å². The fraction of sp³-hybridized carbons (Fsp3) is 0.625. The van der Waals surface area contributed by atoms with Gasteiger partial charge >= 0.3 is 5.69 Å². The Bertz CT molecular complexity index is 745. The third-order valence-electron chi connectivity index (χ3n) is 4.85. The SMILES string of the molecule is CCc1nn(C)c(N2CCC(c3ccnn3CCO)CC2)c1[N+](=O)[O-]. The molecule has 2 aromatic rings. The van der Waals surface area contributed by atoms with Crippen molar-refractivity contribution < 1.29 is 10.0 Å². The first-order valence-corrected chi connectivity index (χ1v) is 8.64. The topological polar surface area (TPSA) is 102 Å².